The molecule has 1 unspecified atom stereocenters. The number of hydrogen-bond donors (Lipinski definition) is 1. The number of nitrogens with one attached hydrogen (secondary N) is 1. The lowest BCUT2D eigenvalue weighted by atomic mass is 9.89. The van der Waals surface area contributed by atoms with Gasteiger partial charge in [0, 0.05) is 11.5 Å². The molecule has 1 aliphatic heterocycles. The number of rotatable bonds is 4. The van der Waals surface area contributed by atoms with Gasteiger partial charge in [-0.25, -0.2) is 0 Å². The summed E-state index contributed by atoms with van der Waals surface area (Å²) in [6.07, 6.45) is 6.16. The van der Waals surface area contributed by atoms with Gasteiger partial charge in [-0.15, -0.1) is 0 Å². The van der Waals surface area contributed by atoms with Crippen LogP contribution in [-0.2, 0) is 0 Å². The maximum atomic E-state index is 12.6. The third-order valence-corrected chi connectivity index (χ3v) is 5.07. The van der Waals surface area contributed by atoms with E-state index in [-0.39, 0.29) is 5.92 Å². The SMILES string of the molecule is O=C(c1ccc(OC2CC2)cc1)C1CC12CCNCC2. The summed E-state index contributed by atoms with van der Waals surface area (Å²) in [4.78, 5) is 12.6. The molecule has 3 nitrogen and oxygen atoms in total. The van der Waals surface area contributed by atoms with E-state index in [2.05, 4.69) is 5.32 Å². The topological polar surface area (TPSA) is 38.3 Å². The molecule has 0 amide bonds. The first kappa shape index (κ1) is 12.4. The maximum absolute atomic E-state index is 12.6. The molecule has 1 atom stereocenters. The molecular weight excluding hydrogens is 250 g/mol. The van der Waals surface area contributed by atoms with E-state index in [0.29, 0.717) is 17.3 Å². The summed E-state index contributed by atoms with van der Waals surface area (Å²) in [6, 6.07) is 7.77. The first-order chi connectivity index (χ1) is 9.77. The van der Waals surface area contributed by atoms with Crippen molar-refractivity contribution >= 4 is 5.78 Å². The molecule has 1 N–H and O–H groups in total. The van der Waals surface area contributed by atoms with Gasteiger partial charge in [0.15, 0.2) is 5.78 Å². The Balaban J connectivity index is 1.43. The van der Waals surface area contributed by atoms with Gasteiger partial charge in [0.25, 0.3) is 0 Å². The Hall–Kier alpha value is -1.35. The summed E-state index contributed by atoms with van der Waals surface area (Å²) < 4.78 is 5.73. The number of ether oxygens (including phenoxy) is 1. The summed E-state index contributed by atoms with van der Waals surface area (Å²) >= 11 is 0. The van der Waals surface area contributed by atoms with Gasteiger partial charge in [-0.3, -0.25) is 4.79 Å². The van der Waals surface area contributed by atoms with Gasteiger partial charge < -0.3 is 10.1 Å². The minimum absolute atomic E-state index is 0.264. The van der Waals surface area contributed by atoms with Crippen LogP contribution in [0.4, 0.5) is 0 Å². The second-order valence-corrected chi connectivity index (χ2v) is 6.57. The van der Waals surface area contributed by atoms with Gasteiger partial charge in [0.1, 0.15) is 5.75 Å². The second-order valence-electron chi connectivity index (χ2n) is 6.57. The van der Waals surface area contributed by atoms with Crippen molar-refractivity contribution in [1.82, 2.24) is 5.32 Å². The van der Waals surface area contributed by atoms with Crippen molar-refractivity contribution in [3.05, 3.63) is 29.8 Å². The number of carbonyl (C=O) groups is 1. The van der Waals surface area contributed by atoms with Crippen LogP contribution in [0.25, 0.3) is 0 Å². The van der Waals surface area contributed by atoms with Crippen LogP contribution in [0, 0.1) is 11.3 Å². The average molecular weight is 271 g/mol. The lowest BCUT2D eigenvalue weighted by molar-refractivity contribution is 0.0940. The Kier molecular flexibility index (Phi) is 2.84. The Labute approximate surface area is 119 Å². The molecule has 2 aliphatic carbocycles. The predicted octanol–water partition coefficient (Wildman–Crippen LogP) is 2.80. The summed E-state index contributed by atoms with van der Waals surface area (Å²) in [5, 5.41) is 3.38. The monoisotopic (exact) mass is 271 g/mol. The van der Waals surface area contributed by atoms with Crippen LogP contribution < -0.4 is 10.1 Å². The number of Topliss-reactive ketones (excluding diaryl/α,β-unsaturated/α-hetero) is 1. The zero-order valence-corrected chi connectivity index (χ0v) is 11.7. The summed E-state index contributed by atoms with van der Waals surface area (Å²) in [5.41, 5.74) is 1.18. The molecule has 1 spiro atoms. The summed E-state index contributed by atoms with van der Waals surface area (Å²) in [5.74, 6) is 1.50. The van der Waals surface area contributed by atoms with Crippen molar-refractivity contribution in [3.8, 4) is 5.75 Å². The van der Waals surface area contributed by atoms with E-state index >= 15 is 0 Å². The van der Waals surface area contributed by atoms with Crippen molar-refractivity contribution in [2.24, 2.45) is 11.3 Å². The van der Waals surface area contributed by atoms with Crippen molar-refractivity contribution in [2.45, 2.75) is 38.2 Å². The number of carbonyl (C=O) groups excluding carboxylic acids is 1. The smallest absolute Gasteiger partial charge is 0.166 e. The highest BCUT2D eigenvalue weighted by atomic mass is 16.5. The largest absolute Gasteiger partial charge is 0.490 e. The third-order valence-electron chi connectivity index (χ3n) is 5.07. The second kappa shape index (κ2) is 4.59. The van der Waals surface area contributed by atoms with E-state index in [1.165, 1.54) is 12.8 Å². The van der Waals surface area contributed by atoms with E-state index in [1.54, 1.807) is 0 Å². The molecule has 1 heterocycles. The Bertz CT molecular complexity index is 512. The predicted molar refractivity (Wildman–Crippen MR) is 77.1 cm³/mol. The van der Waals surface area contributed by atoms with E-state index < -0.39 is 0 Å². The summed E-state index contributed by atoms with van der Waals surface area (Å²) in [7, 11) is 0. The number of piperidine rings is 1. The summed E-state index contributed by atoms with van der Waals surface area (Å²) in [6.45, 7) is 2.13. The van der Waals surface area contributed by atoms with E-state index in [4.69, 9.17) is 4.74 Å². The Morgan fingerprint density at radius 1 is 1.15 bits per heavy atom. The quantitative estimate of drug-likeness (QED) is 0.856. The van der Waals surface area contributed by atoms with Crippen molar-refractivity contribution in [2.75, 3.05) is 13.1 Å². The number of benzene rings is 1. The minimum atomic E-state index is 0.264. The highest BCUT2D eigenvalue weighted by molar-refractivity contribution is 6.00. The van der Waals surface area contributed by atoms with Crippen molar-refractivity contribution < 1.29 is 9.53 Å². The fourth-order valence-corrected chi connectivity index (χ4v) is 3.47. The maximum Gasteiger partial charge on any atom is 0.166 e. The molecule has 0 radical (unpaired) electrons. The van der Waals surface area contributed by atoms with Gasteiger partial charge in [-0.1, -0.05) is 0 Å². The molecule has 4 rings (SSSR count). The number of ketones is 1. The van der Waals surface area contributed by atoms with Crippen LogP contribution in [0.2, 0.25) is 0 Å². The van der Waals surface area contributed by atoms with Crippen molar-refractivity contribution in [1.29, 1.82) is 0 Å². The van der Waals surface area contributed by atoms with Gasteiger partial charge in [-0.2, -0.15) is 0 Å². The fraction of sp³-hybridized carbons (Fsp3) is 0.588. The molecule has 1 saturated heterocycles. The molecule has 20 heavy (non-hydrogen) atoms. The molecule has 3 heteroatoms. The van der Waals surface area contributed by atoms with Crippen LogP contribution in [0.3, 0.4) is 0 Å². The third kappa shape index (κ3) is 2.24. The minimum Gasteiger partial charge on any atom is -0.490 e. The average Bonchev–Trinajstić information content (AvgIpc) is 3.39. The van der Waals surface area contributed by atoms with Crippen LogP contribution in [-0.4, -0.2) is 25.0 Å². The van der Waals surface area contributed by atoms with Gasteiger partial charge >= 0.3 is 0 Å². The molecule has 3 fully saturated rings. The Morgan fingerprint density at radius 3 is 2.50 bits per heavy atom. The fourth-order valence-electron chi connectivity index (χ4n) is 3.47. The Morgan fingerprint density at radius 2 is 1.85 bits per heavy atom. The molecule has 3 aliphatic rings. The molecule has 0 bridgehead atoms. The van der Waals surface area contributed by atoms with Gasteiger partial charge in [0.2, 0.25) is 0 Å². The van der Waals surface area contributed by atoms with Crippen LogP contribution in [0.1, 0.15) is 42.5 Å². The molecule has 1 aromatic rings. The highest BCUT2D eigenvalue weighted by Crippen LogP contribution is 2.59. The highest BCUT2D eigenvalue weighted by Gasteiger charge is 2.57. The standard InChI is InChI=1S/C17H21NO2/c19-16(15-11-17(15)7-9-18-10-8-17)12-1-3-13(4-2-12)20-14-5-6-14/h1-4,14-15,18H,5-11H2. The molecule has 106 valence electrons. The van der Waals surface area contributed by atoms with Gasteiger partial charge in [0.05, 0.1) is 6.10 Å². The lowest BCUT2D eigenvalue weighted by Gasteiger charge is -2.23. The zero-order chi connectivity index (χ0) is 13.6. The molecule has 2 saturated carbocycles. The van der Waals surface area contributed by atoms with E-state index in [9.17, 15) is 4.79 Å². The van der Waals surface area contributed by atoms with Crippen LogP contribution in [0.15, 0.2) is 24.3 Å². The van der Waals surface area contributed by atoms with Gasteiger partial charge in [-0.05, 0) is 74.9 Å². The zero-order valence-electron chi connectivity index (χ0n) is 11.7. The van der Waals surface area contributed by atoms with E-state index in [0.717, 1.165) is 43.7 Å². The molecule has 0 aromatic heterocycles. The first-order valence-electron chi connectivity index (χ1n) is 7.79. The number of hydrogen-bond acceptors (Lipinski definition) is 3. The first-order valence-corrected chi connectivity index (χ1v) is 7.79. The molecule has 1 aromatic carbocycles. The normalized spacial score (nSPS) is 27.3. The van der Waals surface area contributed by atoms with Crippen LogP contribution in [0.5, 0.6) is 5.75 Å². The lowest BCUT2D eigenvalue weighted by Crippen LogP contribution is -2.30. The van der Waals surface area contributed by atoms with Crippen LogP contribution >= 0.6 is 0 Å². The van der Waals surface area contributed by atoms with E-state index in [1.807, 2.05) is 24.3 Å². The van der Waals surface area contributed by atoms with Crippen molar-refractivity contribution in [3.63, 3.8) is 0 Å². The molecular formula is C17H21NO2.